The largest absolute Gasteiger partial charge is 0.478 e. The third-order valence-electron chi connectivity index (χ3n) is 2.61. The van der Waals surface area contributed by atoms with E-state index in [0.717, 1.165) is 6.07 Å². The zero-order valence-electron chi connectivity index (χ0n) is 11.1. The summed E-state index contributed by atoms with van der Waals surface area (Å²) in [5, 5.41) is 11.2. The van der Waals surface area contributed by atoms with Crippen LogP contribution < -0.4 is 5.32 Å². The summed E-state index contributed by atoms with van der Waals surface area (Å²) in [6.07, 6.45) is 0. The normalized spacial score (nSPS) is 11.3. The van der Waals surface area contributed by atoms with Gasteiger partial charge in [-0.25, -0.2) is 9.18 Å². The van der Waals surface area contributed by atoms with E-state index in [0.29, 0.717) is 0 Å². The Morgan fingerprint density at radius 1 is 1.37 bits per heavy atom. The summed E-state index contributed by atoms with van der Waals surface area (Å²) in [6.45, 7) is 6.47. The van der Waals surface area contributed by atoms with Gasteiger partial charge < -0.3 is 10.4 Å². The van der Waals surface area contributed by atoms with Crippen molar-refractivity contribution >= 4 is 29.2 Å². The van der Waals surface area contributed by atoms with E-state index in [4.69, 9.17) is 16.7 Å². The summed E-state index contributed by atoms with van der Waals surface area (Å²) in [5.41, 5.74) is -0.980. The second-order valence-electron chi connectivity index (χ2n) is 5.23. The maximum absolute atomic E-state index is 13.7. The molecule has 0 aromatic heterocycles. The number of rotatable bonds is 2. The number of carbonyl (C=O) groups is 2. The minimum absolute atomic E-state index is 0.000934. The quantitative estimate of drug-likeness (QED) is 0.875. The molecule has 0 saturated carbocycles. The Labute approximate surface area is 115 Å². The summed E-state index contributed by atoms with van der Waals surface area (Å²) in [5.74, 6) is -2.46. The lowest BCUT2D eigenvalue weighted by Crippen LogP contribution is -2.28. The third-order valence-corrected chi connectivity index (χ3v) is 3.00. The Kier molecular flexibility index (Phi) is 4.20. The summed E-state index contributed by atoms with van der Waals surface area (Å²) in [6, 6.07) is 0.840. The number of hydrogen-bond acceptors (Lipinski definition) is 2. The monoisotopic (exact) mass is 287 g/mol. The molecule has 2 N–H and O–H groups in total. The molecule has 0 fully saturated rings. The molecule has 0 aliphatic heterocycles. The lowest BCUT2D eigenvalue weighted by molar-refractivity contribution is -0.123. The Morgan fingerprint density at radius 2 is 1.89 bits per heavy atom. The molecule has 0 saturated heterocycles. The molecule has 1 aromatic rings. The SMILES string of the molecule is Cc1c(F)cc(C(=O)O)c(Cl)c1NC(=O)C(C)(C)C. The van der Waals surface area contributed by atoms with E-state index in [1.54, 1.807) is 20.8 Å². The van der Waals surface area contributed by atoms with Gasteiger partial charge in [-0.2, -0.15) is 0 Å². The van der Waals surface area contributed by atoms with Crippen molar-refractivity contribution in [3.8, 4) is 0 Å². The van der Waals surface area contributed by atoms with Gasteiger partial charge in [0.1, 0.15) is 5.82 Å². The number of nitrogens with one attached hydrogen (secondary N) is 1. The number of hydrogen-bond donors (Lipinski definition) is 2. The minimum atomic E-state index is -1.35. The van der Waals surface area contributed by atoms with Gasteiger partial charge in [0.15, 0.2) is 0 Å². The van der Waals surface area contributed by atoms with Crippen LogP contribution in [0.2, 0.25) is 5.02 Å². The summed E-state index contributed by atoms with van der Waals surface area (Å²) in [7, 11) is 0. The topological polar surface area (TPSA) is 66.4 Å². The molecule has 4 nitrogen and oxygen atoms in total. The Morgan fingerprint density at radius 3 is 2.32 bits per heavy atom. The number of carboxylic acids is 1. The fraction of sp³-hybridized carbons (Fsp3) is 0.385. The fourth-order valence-corrected chi connectivity index (χ4v) is 1.65. The predicted octanol–water partition coefficient (Wildman–Crippen LogP) is 3.47. The van der Waals surface area contributed by atoms with Crippen LogP contribution in [0.4, 0.5) is 10.1 Å². The van der Waals surface area contributed by atoms with Crippen LogP contribution in [0.5, 0.6) is 0 Å². The van der Waals surface area contributed by atoms with E-state index in [1.165, 1.54) is 6.92 Å². The molecular weight excluding hydrogens is 273 g/mol. The maximum atomic E-state index is 13.7. The van der Waals surface area contributed by atoms with Gasteiger partial charge in [0.25, 0.3) is 0 Å². The predicted molar refractivity (Wildman–Crippen MR) is 71.2 cm³/mol. The highest BCUT2D eigenvalue weighted by molar-refractivity contribution is 6.36. The van der Waals surface area contributed by atoms with Gasteiger partial charge in [0, 0.05) is 11.0 Å². The smallest absolute Gasteiger partial charge is 0.337 e. The molecule has 6 heteroatoms. The molecule has 1 rings (SSSR count). The lowest BCUT2D eigenvalue weighted by atomic mass is 9.95. The van der Waals surface area contributed by atoms with Crippen molar-refractivity contribution in [3.63, 3.8) is 0 Å². The lowest BCUT2D eigenvalue weighted by Gasteiger charge is -2.20. The molecule has 104 valence electrons. The van der Waals surface area contributed by atoms with Gasteiger partial charge in [-0.3, -0.25) is 4.79 Å². The van der Waals surface area contributed by atoms with Gasteiger partial charge in [0.2, 0.25) is 5.91 Å². The van der Waals surface area contributed by atoms with E-state index >= 15 is 0 Å². The number of benzene rings is 1. The Bertz CT molecular complexity index is 550. The molecule has 0 unspecified atom stereocenters. The van der Waals surface area contributed by atoms with Crippen molar-refractivity contribution in [1.82, 2.24) is 0 Å². The van der Waals surface area contributed by atoms with Gasteiger partial charge in [-0.15, -0.1) is 0 Å². The van der Waals surface area contributed by atoms with Crippen LogP contribution in [0.15, 0.2) is 6.07 Å². The molecule has 1 aromatic carbocycles. The fourth-order valence-electron chi connectivity index (χ4n) is 1.32. The van der Waals surface area contributed by atoms with Crippen molar-refractivity contribution in [2.45, 2.75) is 27.7 Å². The van der Waals surface area contributed by atoms with Crippen LogP contribution in [0.25, 0.3) is 0 Å². The molecule has 0 radical (unpaired) electrons. The standard InChI is InChI=1S/C13H15ClFNO3/c1-6-8(15)5-7(11(17)18)9(14)10(6)16-12(19)13(2,3)4/h5H,1-4H3,(H,16,19)(H,17,18). The first-order chi connectivity index (χ1) is 8.55. The first-order valence-corrected chi connectivity index (χ1v) is 5.97. The van der Waals surface area contributed by atoms with E-state index in [2.05, 4.69) is 5.32 Å². The Balaban J connectivity index is 3.35. The minimum Gasteiger partial charge on any atom is -0.478 e. The highest BCUT2D eigenvalue weighted by Crippen LogP contribution is 2.33. The number of carbonyl (C=O) groups excluding carboxylic acids is 1. The van der Waals surface area contributed by atoms with Gasteiger partial charge in [-0.1, -0.05) is 32.4 Å². The average Bonchev–Trinajstić information content (AvgIpc) is 2.27. The number of aromatic carboxylic acids is 1. The number of carboxylic acid groups (broad SMARTS) is 1. The number of anilines is 1. The first kappa shape index (κ1) is 15.4. The van der Waals surface area contributed by atoms with Crippen LogP contribution in [0.1, 0.15) is 36.7 Å². The van der Waals surface area contributed by atoms with Crippen molar-refractivity contribution in [2.24, 2.45) is 5.41 Å². The second-order valence-corrected chi connectivity index (χ2v) is 5.61. The zero-order valence-corrected chi connectivity index (χ0v) is 11.9. The van der Waals surface area contributed by atoms with Crippen molar-refractivity contribution < 1.29 is 19.1 Å². The van der Waals surface area contributed by atoms with E-state index in [9.17, 15) is 14.0 Å². The van der Waals surface area contributed by atoms with Gasteiger partial charge in [-0.05, 0) is 13.0 Å². The molecule has 0 bridgehead atoms. The first-order valence-electron chi connectivity index (χ1n) is 5.59. The third kappa shape index (κ3) is 3.23. The van der Waals surface area contributed by atoms with Crippen molar-refractivity contribution in [3.05, 3.63) is 28.0 Å². The van der Waals surface area contributed by atoms with E-state index < -0.39 is 17.2 Å². The summed E-state index contributed by atoms with van der Waals surface area (Å²) in [4.78, 5) is 22.8. The molecule has 0 aliphatic carbocycles. The molecule has 0 atom stereocenters. The van der Waals surface area contributed by atoms with Crippen LogP contribution in [0, 0.1) is 18.2 Å². The van der Waals surface area contributed by atoms with Gasteiger partial charge in [0.05, 0.1) is 16.3 Å². The summed E-state index contributed by atoms with van der Waals surface area (Å²) < 4.78 is 13.7. The van der Waals surface area contributed by atoms with Crippen molar-refractivity contribution in [1.29, 1.82) is 0 Å². The number of amides is 1. The summed E-state index contributed by atoms with van der Waals surface area (Å²) >= 11 is 5.91. The second kappa shape index (κ2) is 5.17. The highest BCUT2D eigenvalue weighted by atomic mass is 35.5. The van der Waals surface area contributed by atoms with Crippen molar-refractivity contribution in [2.75, 3.05) is 5.32 Å². The maximum Gasteiger partial charge on any atom is 0.337 e. The molecule has 0 heterocycles. The van der Waals surface area contributed by atoms with Crippen LogP contribution >= 0.6 is 11.6 Å². The molecule has 1 amide bonds. The van der Waals surface area contributed by atoms with Crippen LogP contribution in [0.3, 0.4) is 0 Å². The molecule has 19 heavy (non-hydrogen) atoms. The van der Waals surface area contributed by atoms with Crippen LogP contribution in [-0.2, 0) is 4.79 Å². The van der Waals surface area contributed by atoms with E-state index in [-0.39, 0.29) is 27.7 Å². The number of halogens is 2. The van der Waals surface area contributed by atoms with Crippen LogP contribution in [-0.4, -0.2) is 17.0 Å². The van der Waals surface area contributed by atoms with Gasteiger partial charge >= 0.3 is 5.97 Å². The zero-order chi connectivity index (χ0) is 15.0. The molecule has 0 spiro atoms. The molecular formula is C13H15ClFNO3. The van der Waals surface area contributed by atoms with E-state index in [1.807, 2.05) is 0 Å². The highest BCUT2D eigenvalue weighted by Gasteiger charge is 2.25. The average molecular weight is 288 g/mol. The Hall–Kier alpha value is -1.62. The molecule has 0 aliphatic rings.